The van der Waals surface area contributed by atoms with Crippen molar-refractivity contribution in [3.8, 4) is 52.1 Å². The van der Waals surface area contributed by atoms with Crippen molar-refractivity contribution < 1.29 is 136 Å². The molecule has 0 aliphatic carbocycles. The fourth-order valence-electron chi connectivity index (χ4n) is 8.18. The predicted octanol–water partition coefficient (Wildman–Crippen LogP) is 3.88. The van der Waals surface area contributed by atoms with Crippen LogP contribution in [-0.2, 0) is 48.5 Å². The number of methoxy groups -OCH3 is 4. The Hall–Kier alpha value is -8.15. The topological polar surface area (TPSA) is 283 Å². The van der Waals surface area contributed by atoms with Crippen molar-refractivity contribution in [1.29, 1.82) is 5.26 Å². The van der Waals surface area contributed by atoms with Gasteiger partial charge in [-0.25, -0.2) is 0 Å². The first-order valence-corrected chi connectivity index (χ1v) is 26.0. The third-order valence-corrected chi connectivity index (χ3v) is 11.8. The predicted molar refractivity (Wildman–Crippen MR) is 322 cm³/mol. The van der Waals surface area contributed by atoms with Crippen molar-refractivity contribution in [2.75, 3.05) is 54.6 Å². The number of aliphatic carboxylic acids is 2. The van der Waals surface area contributed by atoms with Crippen LogP contribution in [0.3, 0.4) is 0 Å². The van der Waals surface area contributed by atoms with Crippen LogP contribution in [0.15, 0.2) is 214 Å². The zero-order valence-electron chi connectivity index (χ0n) is 49.6. The first kappa shape index (κ1) is 78.9. The molecular formula is C66H65BDyN5O12Zn2. The Morgan fingerprint density at radius 1 is 0.402 bits per heavy atom. The zero-order valence-corrected chi connectivity index (χ0v) is 57.5. The van der Waals surface area contributed by atoms with Gasteiger partial charge in [0, 0.05) is 43.7 Å². The van der Waals surface area contributed by atoms with Crippen LogP contribution in [0, 0.1) is 49.5 Å². The van der Waals surface area contributed by atoms with Crippen LogP contribution in [0.1, 0.15) is 43.0 Å². The Bertz CT molecular complexity index is 2980. The minimum atomic E-state index is -1.22. The monoisotopic (exact) mass is 1420 g/mol. The van der Waals surface area contributed by atoms with E-state index in [1.807, 2.05) is 0 Å². The van der Waals surface area contributed by atoms with Gasteiger partial charge in [0.05, 0.1) is 60.7 Å². The number of aliphatic imine (C=N–C) groups is 4. The normalized spacial score (nSPS) is 10.1. The number of rotatable bonds is 18. The number of hydrogen-bond acceptors (Lipinski definition) is 17. The summed E-state index contributed by atoms with van der Waals surface area (Å²) in [5, 5.41) is 72.7. The third-order valence-electron chi connectivity index (χ3n) is 11.8. The second kappa shape index (κ2) is 45.2. The molecule has 0 atom stereocenters. The Labute approximate surface area is 565 Å². The van der Waals surface area contributed by atoms with E-state index in [0.29, 0.717) is 48.4 Å². The molecule has 17 nitrogen and oxygen atoms in total. The molecule has 0 aliphatic rings. The molecule has 0 N–H and O–H groups in total. The maximum absolute atomic E-state index is 11.9. The summed E-state index contributed by atoms with van der Waals surface area (Å²) in [4.78, 5) is 34.5. The minimum absolute atomic E-state index is 0. The summed E-state index contributed by atoms with van der Waals surface area (Å²) in [5.41, 5.74) is 7.22. The van der Waals surface area contributed by atoms with Gasteiger partial charge in [-0.05, 0) is 60.4 Å². The molecule has 0 saturated heterocycles. The molecule has 0 heterocycles. The quantitative estimate of drug-likeness (QED) is 0.0671. The third kappa shape index (κ3) is 26.6. The van der Waals surface area contributed by atoms with Gasteiger partial charge < -0.3 is 59.2 Å². The first-order valence-electron chi connectivity index (χ1n) is 26.0. The van der Waals surface area contributed by atoms with Crippen LogP contribution in [0.25, 0.3) is 0 Å². The Morgan fingerprint density at radius 2 is 0.575 bits per heavy atom. The van der Waals surface area contributed by atoms with Crippen molar-refractivity contribution in [2.45, 2.75) is 20.8 Å². The van der Waals surface area contributed by atoms with Gasteiger partial charge in [0.15, 0.2) is 0 Å². The smallest absolute Gasteiger partial charge is 0.870 e. The van der Waals surface area contributed by atoms with Gasteiger partial charge in [-0.15, -0.1) is 0 Å². The number of benzene rings is 8. The standard InChI is InChI=1S/C24H20B.2C18H20N2O4.C2H3N.2C2H4O2.Dy.2Zn/c1-5-13-21(14-6-1)25(22-15-7-2-8-16-22,23-17-9-3-10-18-23)24-19-11-4-12-20-24;2*1-23-15-7-3-5-13(17(15)21)11-19-9-10-20-12-14-6-4-8-16(24-2)18(14)22;1-2-3;2*1-2(3)4;;;/h1-20H;2*3-8,11-12,21-22H,9-10H2,1-2H3;1H3;2*1H3,(H,3,4);;;/q-1;;;;;;+3;2*+2/p-6. The summed E-state index contributed by atoms with van der Waals surface area (Å²) in [6.45, 7) is 5.01. The van der Waals surface area contributed by atoms with Crippen LogP contribution in [0.5, 0.6) is 46.0 Å². The number of nitriles is 1. The summed E-state index contributed by atoms with van der Waals surface area (Å²) >= 11 is 0. The number of carboxylic acid groups (broad SMARTS) is 2. The fourth-order valence-corrected chi connectivity index (χ4v) is 8.18. The molecule has 0 saturated carbocycles. The number of hydrogen-bond donors (Lipinski definition) is 0. The van der Waals surface area contributed by atoms with Gasteiger partial charge in [0.2, 0.25) is 0 Å². The summed E-state index contributed by atoms with van der Waals surface area (Å²) < 4.78 is 19.9. The van der Waals surface area contributed by atoms with Crippen molar-refractivity contribution in [1.82, 2.24) is 0 Å². The summed E-state index contributed by atoms with van der Waals surface area (Å²) in [6.07, 6.45) is 4.80. The summed E-state index contributed by atoms with van der Waals surface area (Å²) in [7, 11) is 5.81. The van der Waals surface area contributed by atoms with E-state index in [9.17, 15) is 20.4 Å². The van der Waals surface area contributed by atoms with Crippen LogP contribution in [-0.4, -0.2) is 97.6 Å². The Morgan fingerprint density at radius 3 is 0.736 bits per heavy atom. The fraction of sp³-hybridized carbons (Fsp3) is 0.167. The van der Waals surface area contributed by atoms with Gasteiger partial charge in [0.25, 0.3) is 0 Å². The number of carboxylic acids is 2. The van der Waals surface area contributed by atoms with E-state index in [0.717, 1.165) is 13.8 Å². The van der Waals surface area contributed by atoms with E-state index in [2.05, 4.69) is 141 Å². The van der Waals surface area contributed by atoms with E-state index < -0.39 is 18.1 Å². The van der Waals surface area contributed by atoms with E-state index in [1.54, 1.807) is 78.9 Å². The minimum Gasteiger partial charge on any atom is -0.870 e. The first-order chi connectivity index (χ1) is 40.6. The SMILES string of the molecule is CC#N.CC(=O)[O-].CC(=O)[O-].COc1cccc(C=NCCN=Cc2cccc(OC)c2[O-])c1[O-].COc1cccc(C=NCCN=Cc2cccc(OC)c2[O-])c1[O-].[Dy+3].[Zn+2].[Zn+2].c1ccc([B-](c2ccccc2)(c2ccccc2)c2ccccc2)cc1. The van der Waals surface area contributed by atoms with Crippen molar-refractivity contribution in [2.24, 2.45) is 20.0 Å². The Balaban J connectivity index is 0.00000115. The van der Waals surface area contributed by atoms with Gasteiger partial charge in [-0.3, -0.25) is 20.0 Å². The molecular weight excluding hydrogens is 1360 g/mol. The Kier molecular flexibility index (Phi) is 41.0. The maximum Gasteiger partial charge on any atom is 3.00 e. The van der Waals surface area contributed by atoms with E-state index in [-0.39, 0.29) is 123 Å². The molecule has 1 radical (unpaired) electrons. The van der Waals surface area contributed by atoms with Crippen LogP contribution in [0.2, 0.25) is 0 Å². The molecule has 0 unspecified atom stereocenters. The van der Waals surface area contributed by atoms with E-state index in [1.165, 1.54) is 82.1 Å². The van der Waals surface area contributed by atoms with Gasteiger partial charge in [-0.1, -0.05) is 193 Å². The molecule has 0 bridgehead atoms. The zero-order chi connectivity index (χ0) is 61.5. The van der Waals surface area contributed by atoms with Gasteiger partial charge >= 0.3 is 77.1 Å². The molecule has 21 heteroatoms. The molecule has 0 aromatic heterocycles. The van der Waals surface area contributed by atoms with Crippen LogP contribution in [0.4, 0.5) is 0 Å². The van der Waals surface area contributed by atoms with Crippen molar-refractivity contribution in [3.63, 3.8) is 0 Å². The molecule has 443 valence electrons. The molecule has 8 aromatic rings. The number of nitrogens with zero attached hydrogens (tertiary/aromatic N) is 5. The number of para-hydroxylation sites is 4. The second-order valence-electron chi connectivity index (χ2n) is 17.4. The average molecular weight is 1420 g/mol. The van der Waals surface area contributed by atoms with Crippen molar-refractivity contribution >= 4 is 64.8 Å². The largest absolute Gasteiger partial charge is 3.00 e. The average Bonchev–Trinajstić information content (AvgIpc) is 0.904. The van der Waals surface area contributed by atoms with Gasteiger partial charge in [0.1, 0.15) is 29.1 Å². The molecule has 0 amide bonds. The molecule has 0 spiro atoms. The number of carbonyl (C=O) groups excluding carboxylic acids is 2. The van der Waals surface area contributed by atoms with E-state index >= 15 is 0 Å². The molecule has 0 fully saturated rings. The van der Waals surface area contributed by atoms with E-state index in [4.69, 9.17) is 44.0 Å². The molecule has 8 aromatic carbocycles. The summed E-state index contributed by atoms with van der Waals surface area (Å²) in [5.74, 6) is -1.79. The molecule has 0 aliphatic heterocycles. The number of carbonyl (C=O) groups is 2. The second-order valence-corrected chi connectivity index (χ2v) is 17.4. The molecule has 8 rings (SSSR count). The van der Waals surface area contributed by atoms with Crippen molar-refractivity contribution in [3.05, 3.63) is 216 Å². The molecule has 87 heavy (non-hydrogen) atoms. The van der Waals surface area contributed by atoms with Crippen LogP contribution >= 0.6 is 0 Å². The number of ether oxygens (including phenoxy) is 4. The maximum atomic E-state index is 11.9. The van der Waals surface area contributed by atoms with Crippen LogP contribution < -0.4 is 71.4 Å². The summed E-state index contributed by atoms with van der Waals surface area (Å²) in [6, 6.07) is 65.4. The van der Waals surface area contributed by atoms with Gasteiger partial charge in [-0.2, -0.15) is 27.1 Å².